The van der Waals surface area contributed by atoms with Crippen molar-refractivity contribution in [1.29, 1.82) is 0 Å². The molecule has 0 radical (unpaired) electrons. The number of rotatable bonds is 3. The molecule has 0 spiro atoms. The molecule has 0 amide bonds. The maximum absolute atomic E-state index is 4.51. The molecule has 152 valence electrons. The van der Waals surface area contributed by atoms with Gasteiger partial charge in [0.05, 0.1) is 0 Å². The number of hydrogen-bond acceptors (Lipinski definition) is 1. The molecular weight excluding hydrogens is 628 g/mol. The summed E-state index contributed by atoms with van der Waals surface area (Å²) >= 11 is 3.12. The Labute approximate surface area is 205 Å². The van der Waals surface area contributed by atoms with Gasteiger partial charge in [-0.15, -0.1) is 0 Å². The summed E-state index contributed by atoms with van der Waals surface area (Å²) in [5.41, 5.74) is 2.23. The molecule has 0 nitrogen and oxygen atoms in total. The van der Waals surface area contributed by atoms with E-state index >= 15 is 0 Å². The number of aryl methyl sites for hydroxylation is 1. The second-order valence-corrected chi connectivity index (χ2v) is 11.3. The number of hydrogen-bond donors (Lipinski definition) is 0. The van der Waals surface area contributed by atoms with Gasteiger partial charge in [0.25, 0.3) is 0 Å². The Kier molecular flexibility index (Phi) is 10.7. The van der Waals surface area contributed by atoms with Crippen molar-refractivity contribution in [3.8, 4) is 11.2 Å². The fourth-order valence-electron chi connectivity index (χ4n) is 2.87. The van der Waals surface area contributed by atoms with E-state index in [1.54, 1.807) is 0 Å². The average molecular weight is 650 g/mol. The van der Waals surface area contributed by atoms with Crippen molar-refractivity contribution in [3.63, 3.8) is 0 Å². The van der Waals surface area contributed by atoms with Crippen LogP contribution in [0.1, 0.15) is 11.1 Å². The van der Waals surface area contributed by atoms with E-state index in [9.17, 15) is 0 Å². The Morgan fingerprint density at radius 3 is 1.27 bits per heavy atom. The molecule has 3 heteroatoms. The summed E-state index contributed by atoms with van der Waals surface area (Å²) in [7, 11) is 0. The summed E-state index contributed by atoms with van der Waals surface area (Å²) in [6.07, 6.45) is 0. The van der Waals surface area contributed by atoms with E-state index in [4.69, 9.17) is 0 Å². The van der Waals surface area contributed by atoms with E-state index in [1.807, 2.05) is 31.2 Å². The van der Waals surface area contributed by atoms with Crippen molar-refractivity contribution in [1.82, 2.24) is 0 Å². The van der Waals surface area contributed by atoms with Crippen molar-refractivity contribution in [2.45, 2.75) is 6.92 Å². The molecule has 4 aromatic rings. The van der Waals surface area contributed by atoms with Crippen LogP contribution in [-0.4, -0.2) is 14.7 Å². The average Bonchev–Trinajstić information content (AvgIpc) is 2.79. The van der Waals surface area contributed by atoms with E-state index in [2.05, 4.69) is 115 Å². The van der Waals surface area contributed by atoms with Gasteiger partial charge >= 0.3 is 141 Å². The summed E-state index contributed by atoms with van der Waals surface area (Å²) < 4.78 is 4.44. The fourth-order valence-corrected chi connectivity index (χ4v) is 7.83. The van der Waals surface area contributed by atoms with Crippen molar-refractivity contribution in [3.05, 3.63) is 126 Å². The second kappa shape index (κ2) is 13.3. The van der Waals surface area contributed by atoms with Gasteiger partial charge in [-0.05, 0) is 19.1 Å². The summed E-state index contributed by atoms with van der Waals surface area (Å²) in [5, 5.41) is 2.44. The fraction of sp³-hybridized carbons (Fsp3) is 0.0370. The molecule has 0 heterocycles. The molecule has 0 saturated heterocycles. The predicted octanol–water partition coefficient (Wildman–Crippen LogP) is 4.05. The molecule has 0 aliphatic rings. The third kappa shape index (κ3) is 7.33. The molecule has 4 aromatic carbocycles. The minimum atomic E-state index is -1.39. The van der Waals surface area contributed by atoms with Crippen molar-refractivity contribution >= 4 is 40.3 Å². The monoisotopic (exact) mass is 650 g/mol. The van der Waals surface area contributed by atoms with E-state index in [0.29, 0.717) is 0 Å². The van der Waals surface area contributed by atoms with Crippen LogP contribution in [0.3, 0.4) is 0 Å². The van der Waals surface area contributed by atoms with Gasteiger partial charge in [0.2, 0.25) is 0 Å². The molecule has 4 rings (SSSR count). The second-order valence-electron chi connectivity index (χ2n) is 6.44. The summed E-state index contributed by atoms with van der Waals surface area (Å²) in [4.78, 5) is 0. The number of benzene rings is 4. The summed E-state index contributed by atoms with van der Waals surface area (Å²) in [6.45, 7) is 2.05. The summed E-state index contributed by atoms with van der Waals surface area (Å²) in [6, 6.07) is 40.7. The molecule has 0 aliphatic carbocycles. The molecule has 0 N–H and O–H groups in total. The van der Waals surface area contributed by atoms with Gasteiger partial charge in [-0.1, -0.05) is 23.6 Å². The zero-order valence-electron chi connectivity index (χ0n) is 16.6. The first kappa shape index (κ1) is 24.2. The van der Waals surface area contributed by atoms with Crippen LogP contribution in [-0.2, 0) is 35.0 Å². The van der Waals surface area contributed by atoms with Gasteiger partial charge in [-0.2, -0.15) is 0 Å². The molecule has 0 unspecified atom stereocenters. The molecular formula is C27H22AsAuS. The van der Waals surface area contributed by atoms with Crippen LogP contribution in [0, 0.1) is 18.1 Å². The van der Waals surface area contributed by atoms with Crippen LogP contribution in [0.15, 0.2) is 115 Å². The molecule has 0 atom stereocenters. The SMILES string of the molecule is Cc1ccc(C#C[S-])cc1.[Au+].c1ccc([As](c2ccccc2)c2ccccc2)cc1. The van der Waals surface area contributed by atoms with E-state index < -0.39 is 14.7 Å². The van der Waals surface area contributed by atoms with Gasteiger partial charge in [0, 0.05) is 5.56 Å². The summed E-state index contributed by atoms with van der Waals surface area (Å²) in [5.74, 6) is 2.80. The van der Waals surface area contributed by atoms with Crippen LogP contribution in [0.4, 0.5) is 0 Å². The van der Waals surface area contributed by atoms with Crippen LogP contribution in [0.5, 0.6) is 0 Å². The molecule has 0 saturated carbocycles. The Morgan fingerprint density at radius 1 is 0.567 bits per heavy atom. The van der Waals surface area contributed by atoms with Crippen LogP contribution < -0.4 is 13.1 Å². The first-order valence-corrected chi connectivity index (χ1v) is 12.7. The third-order valence-corrected chi connectivity index (χ3v) is 9.52. The molecule has 0 fully saturated rings. The Bertz CT molecular complexity index is 960. The Hall–Kier alpha value is -2.04. The van der Waals surface area contributed by atoms with Gasteiger partial charge < -0.3 is 12.6 Å². The Morgan fingerprint density at radius 2 is 0.933 bits per heavy atom. The van der Waals surface area contributed by atoms with E-state index in [0.717, 1.165) is 5.56 Å². The zero-order chi connectivity index (χ0) is 20.3. The topological polar surface area (TPSA) is 0 Å². The quantitative estimate of drug-likeness (QED) is 0.183. The standard InChI is InChI=1S/C18H15As.C9H8S.Au/c1-4-10-16(11-5-1)19(17-12-6-2-7-13-17)18-14-8-3-9-15-18;1-8-2-4-9(5-3-8)6-7-10;/h1-15H;2-5,10H,1H3;/q;;+1/p-1. The van der Waals surface area contributed by atoms with Crippen LogP contribution >= 0.6 is 0 Å². The molecule has 0 aliphatic heterocycles. The van der Waals surface area contributed by atoms with Gasteiger partial charge in [-0.3, -0.25) is 0 Å². The van der Waals surface area contributed by atoms with E-state index in [-0.39, 0.29) is 22.4 Å². The predicted molar refractivity (Wildman–Crippen MR) is 129 cm³/mol. The van der Waals surface area contributed by atoms with Crippen molar-refractivity contribution in [2.24, 2.45) is 0 Å². The van der Waals surface area contributed by atoms with Gasteiger partial charge in [0.15, 0.2) is 0 Å². The van der Waals surface area contributed by atoms with Crippen molar-refractivity contribution in [2.75, 3.05) is 0 Å². The maximum atomic E-state index is 4.51. The van der Waals surface area contributed by atoms with Gasteiger partial charge in [-0.25, -0.2) is 5.25 Å². The first-order valence-electron chi connectivity index (χ1n) is 9.43. The van der Waals surface area contributed by atoms with E-state index in [1.165, 1.54) is 18.6 Å². The third-order valence-electron chi connectivity index (χ3n) is 4.29. The van der Waals surface area contributed by atoms with Crippen molar-refractivity contribution < 1.29 is 22.4 Å². The molecule has 30 heavy (non-hydrogen) atoms. The molecule has 0 aromatic heterocycles. The molecule has 0 bridgehead atoms. The first-order chi connectivity index (χ1) is 14.3. The zero-order valence-corrected chi connectivity index (χ0v) is 21.5. The normalized spacial score (nSPS) is 9.40. The van der Waals surface area contributed by atoms with Crippen LogP contribution in [0.2, 0.25) is 0 Å². The Balaban J connectivity index is 0.000000249. The van der Waals surface area contributed by atoms with Crippen LogP contribution in [0.25, 0.3) is 0 Å². The van der Waals surface area contributed by atoms with Gasteiger partial charge in [0.1, 0.15) is 0 Å². The minimum absolute atomic E-state index is 0.